The van der Waals surface area contributed by atoms with E-state index >= 15 is 0 Å². The second-order valence-corrected chi connectivity index (χ2v) is 6.00. The number of esters is 1. The number of amides is 3. The van der Waals surface area contributed by atoms with Crippen molar-refractivity contribution in [1.29, 1.82) is 0 Å². The van der Waals surface area contributed by atoms with Gasteiger partial charge >= 0.3 is 12.0 Å². The zero-order valence-corrected chi connectivity index (χ0v) is 14.3. The third-order valence-corrected chi connectivity index (χ3v) is 3.34. The van der Waals surface area contributed by atoms with E-state index in [4.69, 9.17) is 14.2 Å². The van der Waals surface area contributed by atoms with Gasteiger partial charge in [-0.1, -0.05) is 19.9 Å². The fourth-order valence-corrected chi connectivity index (χ4v) is 2.06. The molecule has 3 amide bonds. The van der Waals surface area contributed by atoms with Gasteiger partial charge in [-0.2, -0.15) is 0 Å². The lowest BCUT2D eigenvalue weighted by Gasteiger charge is -2.09. The van der Waals surface area contributed by atoms with Gasteiger partial charge < -0.3 is 19.5 Å². The lowest BCUT2D eigenvalue weighted by molar-refractivity contribution is -0.148. The third-order valence-electron chi connectivity index (χ3n) is 3.34. The Morgan fingerprint density at radius 2 is 1.96 bits per heavy atom. The molecule has 1 heterocycles. The normalized spacial score (nSPS) is 12.0. The van der Waals surface area contributed by atoms with E-state index in [0.29, 0.717) is 24.5 Å². The molecule has 0 fully saturated rings. The van der Waals surface area contributed by atoms with Crippen molar-refractivity contribution in [3.05, 3.63) is 23.8 Å². The van der Waals surface area contributed by atoms with Crippen LogP contribution in [0.3, 0.4) is 0 Å². The van der Waals surface area contributed by atoms with Gasteiger partial charge in [-0.15, -0.1) is 0 Å². The summed E-state index contributed by atoms with van der Waals surface area (Å²) in [6.07, 6.45) is 0.568. The molecule has 0 radical (unpaired) electrons. The van der Waals surface area contributed by atoms with Crippen LogP contribution in [0.4, 0.5) is 4.79 Å². The Labute approximate surface area is 145 Å². The highest BCUT2D eigenvalue weighted by Gasteiger charge is 2.15. The lowest BCUT2D eigenvalue weighted by atomic mass is 10.1. The molecular weight excluding hydrogens is 328 g/mol. The van der Waals surface area contributed by atoms with E-state index in [0.717, 1.165) is 5.56 Å². The molecule has 1 aromatic carbocycles. The van der Waals surface area contributed by atoms with E-state index in [9.17, 15) is 14.4 Å². The molecule has 8 nitrogen and oxygen atoms in total. The van der Waals surface area contributed by atoms with Crippen molar-refractivity contribution >= 4 is 17.9 Å². The molecule has 0 spiro atoms. The van der Waals surface area contributed by atoms with Gasteiger partial charge in [0.05, 0.1) is 0 Å². The first-order valence-electron chi connectivity index (χ1n) is 8.06. The van der Waals surface area contributed by atoms with Crippen molar-refractivity contribution < 1.29 is 28.6 Å². The number of aryl methyl sites for hydroxylation is 1. The summed E-state index contributed by atoms with van der Waals surface area (Å²) in [5.41, 5.74) is 0.902. The summed E-state index contributed by atoms with van der Waals surface area (Å²) in [4.78, 5) is 34.6. The van der Waals surface area contributed by atoms with Gasteiger partial charge in [0.25, 0.3) is 5.91 Å². The topological polar surface area (TPSA) is 103 Å². The first kappa shape index (κ1) is 18.6. The van der Waals surface area contributed by atoms with Crippen LogP contribution >= 0.6 is 0 Å². The van der Waals surface area contributed by atoms with Crippen LogP contribution in [0.1, 0.15) is 25.8 Å². The molecule has 2 rings (SSSR count). The van der Waals surface area contributed by atoms with Gasteiger partial charge in [0.15, 0.2) is 18.1 Å². The van der Waals surface area contributed by atoms with Crippen molar-refractivity contribution in [3.63, 3.8) is 0 Å². The number of hydrogen-bond donors (Lipinski definition) is 2. The highest BCUT2D eigenvalue weighted by molar-refractivity contribution is 5.95. The van der Waals surface area contributed by atoms with E-state index in [1.807, 2.05) is 19.9 Å². The molecule has 0 aliphatic carbocycles. The Morgan fingerprint density at radius 3 is 2.72 bits per heavy atom. The molecule has 1 aliphatic heterocycles. The van der Waals surface area contributed by atoms with Crippen molar-refractivity contribution in [2.75, 3.05) is 19.9 Å². The molecule has 0 saturated carbocycles. The second-order valence-electron chi connectivity index (χ2n) is 6.00. The molecule has 0 unspecified atom stereocenters. The molecule has 0 aromatic heterocycles. The number of hydrogen-bond acceptors (Lipinski definition) is 6. The summed E-state index contributed by atoms with van der Waals surface area (Å²) in [7, 11) is 0. The molecule has 25 heavy (non-hydrogen) atoms. The summed E-state index contributed by atoms with van der Waals surface area (Å²) in [5, 5.41) is 4.63. The maximum absolute atomic E-state index is 11.7. The fourth-order valence-electron chi connectivity index (χ4n) is 2.06. The van der Waals surface area contributed by atoms with Crippen LogP contribution in [0.5, 0.6) is 11.5 Å². The van der Waals surface area contributed by atoms with E-state index in [1.165, 1.54) is 0 Å². The Kier molecular flexibility index (Phi) is 6.62. The zero-order chi connectivity index (χ0) is 18.2. The standard InChI is InChI=1S/C17H22N2O6/c1-11(2)8-18-17(22)19-15(20)9-23-16(21)6-4-12-3-5-13-14(7-12)25-10-24-13/h3,5,7,11H,4,6,8-10H2,1-2H3,(H2,18,19,20,22). The average Bonchev–Trinajstić information content (AvgIpc) is 3.04. The second kappa shape index (κ2) is 8.91. The van der Waals surface area contributed by atoms with Crippen LogP contribution in [0, 0.1) is 5.92 Å². The van der Waals surface area contributed by atoms with Crippen LogP contribution in [-0.4, -0.2) is 37.9 Å². The van der Waals surface area contributed by atoms with Crippen molar-refractivity contribution in [3.8, 4) is 11.5 Å². The summed E-state index contributed by atoms with van der Waals surface area (Å²) < 4.78 is 15.3. The van der Waals surface area contributed by atoms with Crippen molar-refractivity contribution in [2.24, 2.45) is 5.92 Å². The van der Waals surface area contributed by atoms with Gasteiger partial charge in [-0.05, 0) is 30.0 Å². The number of nitrogens with one attached hydrogen (secondary N) is 2. The third kappa shape index (κ3) is 6.33. The number of benzene rings is 1. The number of carbonyl (C=O) groups is 3. The highest BCUT2D eigenvalue weighted by atomic mass is 16.7. The zero-order valence-electron chi connectivity index (χ0n) is 14.3. The van der Waals surface area contributed by atoms with Gasteiger partial charge in [0.1, 0.15) is 0 Å². The van der Waals surface area contributed by atoms with E-state index in [2.05, 4.69) is 10.6 Å². The monoisotopic (exact) mass is 350 g/mol. The molecule has 1 aliphatic rings. The van der Waals surface area contributed by atoms with Crippen LogP contribution in [0.2, 0.25) is 0 Å². The minimum atomic E-state index is -0.669. The minimum absolute atomic E-state index is 0.118. The van der Waals surface area contributed by atoms with Crippen LogP contribution in [0.25, 0.3) is 0 Å². The van der Waals surface area contributed by atoms with E-state index in [-0.39, 0.29) is 19.1 Å². The number of ether oxygens (including phenoxy) is 3. The first-order chi connectivity index (χ1) is 11.9. The number of carbonyl (C=O) groups excluding carboxylic acids is 3. The number of rotatable bonds is 7. The average molecular weight is 350 g/mol. The Hall–Kier alpha value is -2.77. The first-order valence-corrected chi connectivity index (χ1v) is 8.06. The summed E-state index contributed by atoms with van der Waals surface area (Å²) >= 11 is 0. The predicted octanol–water partition coefficient (Wildman–Crippen LogP) is 1.37. The van der Waals surface area contributed by atoms with Crippen molar-refractivity contribution in [2.45, 2.75) is 26.7 Å². The number of fused-ring (bicyclic) bond motifs is 1. The highest BCUT2D eigenvalue weighted by Crippen LogP contribution is 2.32. The predicted molar refractivity (Wildman–Crippen MR) is 88.2 cm³/mol. The molecule has 1 aromatic rings. The van der Waals surface area contributed by atoms with Gasteiger partial charge in [-0.25, -0.2) is 4.79 Å². The molecular formula is C17H22N2O6. The van der Waals surface area contributed by atoms with E-state index in [1.54, 1.807) is 12.1 Å². The van der Waals surface area contributed by atoms with Crippen molar-refractivity contribution in [1.82, 2.24) is 10.6 Å². The molecule has 8 heteroatoms. The number of urea groups is 1. The summed E-state index contributed by atoms with van der Waals surface area (Å²) in [6, 6.07) is 4.83. The molecule has 136 valence electrons. The van der Waals surface area contributed by atoms with Gasteiger partial charge in [0, 0.05) is 13.0 Å². The largest absolute Gasteiger partial charge is 0.456 e. The van der Waals surface area contributed by atoms with E-state index < -0.39 is 24.5 Å². The number of imide groups is 1. The molecule has 0 saturated heterocycles. The Morgan fingerprint density at radius 1 is 1.20 bits per heavy atom. The maximum Gasteiger partial charge on any atom is 0.321 e. The Balaban J connectivity index is 1.65. The molecule has 2 N–H and O–H groups in total. The summed E-state index contributed by atoms with van der Waals surface area (Å²) in [5.74, 6) is 0.416. The maximum atomic E-state index is 11.7. The van der Waals surface area contributed by atoms with Gasteiger partial charge in [0.2, 0.25) is 6.79 Å². The molecule has 0 bridgehead atoms. The quantitative estimate of drug-likeness (QED) is 0.720. The van der Waals surface area contributed by atoms with Crippen LogP contribution < -0.4 is 20.1 Å². The Bertz CT molecular complexity index is 644. The van der Waals surface area contributed by atoms with Gasteiger partial charge in [-0.3, -0.25) is 14.9 Å². The van der Waals surface area contributed by atoms with Crippen LogP contribution in [0.15, 0.2) is 18.2 Å². The van der Waals surface area contributed by atoms with Crippen LogP contribution in [-0.2, 0) is 20.7 Å². The molecule has 0 atom stereocenters. The fraction of sp³-hybridized carbons (Fsp3) is 0.471. The minimum Gasteiger partial charge on any atom is -0.456 e. The SMILES string of the molecule is CC(C)CNC(=O)NC(=O)COC(=O)CCc1ccc2c(c1)OCO2. The lowest BCUT2D eigenvalue weighted by Crippen LogP contribution is -2.42. The smallest absolute Gasteiger partial charge is 0.321 e. The summed E-state index contributed by atoms with van der Waals surface area (Å²) in [6.45, 7) is 4.03.